The fourth-order valence-electron chi connectivity index (χ4n) is 2.76. The minimum Gasteiger partial charge on any atom is -0.465 e. The van der Waals surface area contributed by atoms with Crippen molar-refractivity contribution >= 4 is 6.09 Å². The second kappa shape index (κ2) is 5.95. The number of nitrogens with zero attached hydrogens (tertiary/aromatic N) is 2. The molecule has 2 N–H and O–H groups in total. The van der Waals surface area contributed by atoms with E-state index < -0.39 is 6.09 Å². The summed E-state index contributed by atoms with van der Waals surface area (Å²) < 4.78 is 5.77. The quantitative estimate of drug-likeness (QED) is 0.905. The smallest absolute Gasteiger partial charge is 0.404 e. The molecule has 1 aromatic heterocycles. The summed E-state index contributed by atoms with van der Waals surface area (Å²) in [7, 11) is 0. The predicted molar refractivity (Wildman–Crippen MR) is 75.9 cm³/mol. The largest absolute Gasteiger partial charge is 0.465 e. The first-order valence-corrected chi connectivity index (χ1v) is 7.10. The molecule has 0 aliphatic heterocycles. The summed E-state index contributed by atoms with van der Waals surface area (Å²) in [5.41, 5.74) is 0.914. The van der Waals surface area contributed by atoms with Crippen LogP contribution < -0.4 is 5.32 Å². The van der Waals surface area contributed by atoms with Gasteiger partial charge in [-0.3, -0.25) is 0 Å². The van der Waals surface area contributed by atoms with Crippen LogP contribution in [0, 0.1) is 0 Å². The van der Waals surface area contributed by atoms with Crippen LogP contribution in [0.3, 0.4) is 0 Å². The zero-order valence-corrected chi connectivity index (χ0v) is 11.5. The molecule has 1 saturated carbocycles. The van der Waals surface area contributed by atoms with Crippen LogP contribution in [0.2, 0.25) is 0 Å². The first kappa shape index (κ1) is 13.6. The van der Waals surface area contributed by atoms with Gasteiger partial charge in [0.05, 0.1) is 0 Å². The molecule has 0 bridgehead atoms. The molecule has 1 aliphatic rings. The Bertz CT molecular complexity index is 604. The Morgan fingerprint density at radius 2 is 1.86 bits per heavy atom. The van der Waals surface area contributed by atoms with Crippen molar-refractivity contribution in [1.82, 2.24) is 15.5 Å². The minimum absolute atomic E-state index is 0.0373. The lowest BCUT2D eigenvalue weighted by Crippen LogP contribution is -2.36. The molecule has 0 radical (unpaired) electrons. The summed E-state index contributed by atoms with van der Waals surface area (Å²) in [6, 6.07) is 9.72. The molecule has 2 aromatic rings. The van der Waals surface area contributed by atoms with E-state index >= 15 is 0 Å². The summed E-state index contributed by atoms with van der Waals surface area (Å²) in [4.78, 5) is 10.6. The number of hydrogen-bond acceptors (Lipinski definition) is 4. The average molecular weight is 287 g/mol. The van der Waals surface area contributed by atoms with Crippen molar-refractivity contribution in [2.75, 3.05) is 0 Å². The Labute approximate surface area is 122 Å². The minimum atomic E-state index is -0.956. The molecule has 1 fully saturated rings. The van der Waals surface area contributed by atoms with Gasteiger partial charge in [0.25, 0.3) is 0 Å². The van der Waals surface area contributed by atoms with E-state index in [1.165, 1.54) is 0 Å². The SMILES string of the molecule is O=C(O)NC1CCC(c2nnc(-c3ccccc3)o2)CC1. The monoisotopic (exact) mass is 287 g/mol. The summed E-state index contributed by atoms with van der Waals surface area (Å²) in [5.74, 6) is 1.42. The van der Waals surface area contributed by atoms with Crippen LogP contribution in [0.4, 0.5) is 4.79 Å². The van der Waals surface area contributed by atoms with E-state index in [0.29, 0.717) is 11.8 Å². The number of nitrogens with one attached hydrogen (secondary N) is 1. The molecule has 6 heteroatoms. The Morgan fingerprint density at radius 1 is 1.14 bits per heavy atom. The van der Waals surface area contributed by atoms with Gasteiger partial charge in [-0.15, -0.1) is 10.2 Å². The second-order valence-corrected chi connectivity index (χ2v) is 5.31. The average Bonchev–Trinajstić information content (AvgIpc) is 2.98. The van der Waals surface area contributed by atoms with Crippen LogP contribution >= 0.6 is 0 Å². The third-order valence-electron chi connectivity index (χ3n) is 3.87. The van der Waals surface area contributed by atoms with Gasteiger partial charge in [0.15, 0.2) is 0 Å². The highest BCUT2D eigenvalue weighted by Crippen LogP contribution is 2.33. The molecule has 21 heavy (non-hydrogen) atoms. The van der Waals surface area contributed by atoms with Crippen LogP contribution in [-0.2, 0) is 0 Å². The lowest BCUT2D eigenvalue weighted by molar-refractivity contribution is 0.184. The normalized spacial score (nSPS) is 21.9. The Hall–Kier alpha value is -2.37. The van der Waals surface area contributed by atoms with Gasteiger partial charge in [-0.1, -0.05) is 18.2 Å². The standard InChI is InChI=1S/C15H17N3O3/c19-15(20)16-12-8-6-11(7-9-12)14-18-17-13(21-14)10-4-2-1-3-5-10/h1-5,11-12,16H,6-9H2,(H,19,20). The molecular formula is C15H17N3O3. The van der Waals surface area contributed by atoms with Crippen molar-refractivity contribution in [2.24, 2.45) is 0 Å². The maximum absolute atomic E-state index is 10.6. The number of benzene rings is 1. The summed E-state index contributed by atoms with van der Waals surface area (Å²) in [6.45, 7) is 0. The topological polar surface area (TPSA) is 88.2 Å². The molecule has 0 saturated heterocycles. The van der Waals surface area contributed by atoms with Crippen molar-refractivity contribution in [3.05, 3.63) is 36.2 Å². The number of hydrogen-bond donors (Lipinski definition) is 2. The van der Waals surface area contributed by atoms with E-state index in [1.807, 2.05) is 30.3 Å². The number of carbonyl (C=O) groups is 1. The Balaban J connectivity index is 1.64. The van der Waals surface area contributed by atoms with Crippen LogP contribution in [-0.4, -0.2) is 27.4 Å². The van der Waals surface area contributed by atoms with Crippen molar-refractivity contribution in [1.29, 1.82) is 0 Å². The van der Waals surface area contributed by atoms with Crippen molar-refractivity contribution < 1.29 is 14.3 Å². The van der Waals surface area contributed by atoms with Crippen LogP contribution in [0.1, 0.15) is 37.5 Å². The van der Waals surface area contributed by atoms with E-state index in [-0.39, 0.29) is 12.0 Å². The van der Waals surface area contributed by atoms with Crippen LogP contribution in [0.25, 0.3) is 11.5 Å². The molecule has 0 atom stereocenters. The number of rotatable bonds is 3. The molecule has 1 aromatic carbocycles. The Kier molecular flexibility index (Phi) is 3.85. The van der Waals surface area contributed by atoms with E-state index in [2.05, 4.69) is 15.5 Å². The summed E-state index contributed by atoms with van der Waals surface area (Å²) in [6.07, 6.45) is 2.38. The van der Waals surface area contributed by atoms with Gasteiger partial charge in [-0.25, -0.2) is 4.79 Å². The van der Waals surface area contributed by atoms with E-state index in [4.69, 9.17) is 9.52 Å². The van der Waals surface area contributed by atoms with Crippen LogP contribution in [0.5, 0.6) is 0 Å². The third-order valence-corrected chi connectivity index (χ3v) is 3.87. The third kappa shape index (κ3) is 3.21. The lowest BCUT2D eigenvalue weighted by atomic mass is 9.86. The predicted octanol–water partition coefficient (Wildman–Crippen LogP) is 3.03. The van der Waals surface area contributed by atoms with E-state index in [0.717, 1.165) is 31.2 Å². The van der Waals surface area contributed by atoms with Gasteiger partial charge in [-0.05, 0) is 37.8 Å². The zero-order valence-electron chi connectivity index (χ0n) is 11.5. The number of aromatic nitrogens is 2. The maximum atomic E-state index is 10.6. The molecule has 0 unspecified atom stereocenters. The van der Waals surface area contributed by atoms with Crippen molar-refractivity contribution in [3.63, 3.8) is 0 Å². The first-order valence-electron chi connectivity index (χ1n) is 7.10. The highest BCUT2D eigenvalue weighted by molar-refractivity contribution is 5.64. The second-order valence-electron chi connectivity index (χ2n) is 5.31. The molecule has 0 spiro atoms. The highest BCUT2D eigenvalue weighted by Gasteiger charge is 2.27. The molecule has 110 valence electrons. The van der Waals surface area contributed by atoms with Crippen LogP contribution in [0.15, 0.2) is 34.7 Å². The molecule has 6 nitrogen and oxygen atoms in total. The van der Waals surface area contributed by atoms with E-state index in [1.54, 1.807) is 0 Å². The van der Waals surface area contributed by atoms with Gasteiger partial charge in [0.2, 0.25) is 11.8 Å². The fourth-order valence-corrected chi connectivity index (χ4v) is 2.76. The highest BCUT2D eigenvalue weighted by atomic mass is 16.4. The summed E-state index contributed by atoms with van der Waals surface area (Å²) in [5, 5.41) is 19.5. The van der Waals surface area contributed by atoms with Crippen molar-refractivity contribution in [2.45, 2.75) is 37.6 Å². The number of amides is 1. The van der Waals surface area contributed by atoms with Gasteiger partial charge >= 0.3 is 6.09 Å². The van der Waals surface area contributed by atoms with Gasteiger partial charge < -0.3 is 14.8 Å². The zero-order chi connectivity index (χ0) is 14.7. The van der Waals surface area contributed by atoms with E-state index in [9.17, 15) is 4.79 Å². The molecule has 1 heterocycles. The molecular weight excluding hydrogens is 270 g/mol. The van der Waals surface area contributed by atoms with Gasteiger partial charge in [-0.2, -0.15) is 0 Å². The molecule has 1 aliphatic carbocycles. The van der Waals surface area contributed by atoms with Crippen molar-refractivity contribution in [3.8, 4) is 11.5 Å². The maximum Gasteiger partial charge on any atom is 0.404 e. The van der Waals surface area contributed by atoms with Gasteiger partial charge in [0, 0.05) is 17.5 Å². The summed E-state index contributed by atoms with van der Waals surface area (Å²) >= 11 is 0. The lowest BCUT2D eigenvalue weighted by Gasteiger charge is -2.26. The first-order chi connectivity index (χ1) is 10.2. The van der Waals surface area contributed by atoms with Gasteiger partial charge in [0.1, 0.15) is 0 Å². The molecule has 3 rings (SSSR count). The fraction of sp³-hybridized carbons (Fsp3) is 0.400. The number of carboxylic acid groups (broad SMARTS) is 1. The molecule has 1 amide bonds. The Morgan fingerprint density at radius 3 is 2.52 bits per heavy atom.